The van der Waals surface area contributed by atoms with E-state index < -0.39 is 12.1 Å². The minimum atomic E-state index is -0.904. The van der Waals surface area contributed by atoms with Crippen LogP contribution in [0.3, 0.4) is 0 Å². The molecule has 33 heavy (non-hydrogen) atoms. The quantitative estimate of drug-likeness (QED) is 0.640. The van der Waals surface area contributed by atoms with Crippen LogP contribution in [0.2, 0.25) is 0 Å². The second-order valence-corrected chi connectivity index (χ2v) is 9.45. The van der Waals surface area contributed by atoms with E-state index in [2.05, 4.69) is 31.4 Å². The number of anilines is 2. The third-order valence-corrected chi connectivity index (χ3v) is 5.82. The molecule has 7 nitrogen and oxygen atoms in total. The van der Waals surface area contributed by atoms with Crippen LogP contribution in [0.15, 0.2) is 54.6 Å². The van der Waals surface area contributed by atoms with Gasteiger partial charge < -0.3 is 20.3 Å². The van der Waals surface area contributed by atoms with Crippen molar-refractivity contribution in [1.29, 1.82) is 0 Å². The first kappa shape index (κ1) is 24.3. The zero-order valence-corrected chi connectivity index (χ0v) is 19.8. The lowest BCUT2D eigenvalue weighted by molar-refractivity contribution is -0.158. The van der Waals surface area contributed by atoms with E-state index in [0.717, 1.165) is 5.69 Å². The first-order valence-electron chi connectivity index (χ1n) is 11.4. The number of hydrogen-bond donors (Lipinski definition) is 2. The summed E-state index contributed by atoms with van der Waals surface area (Å²) in [6.45, 7) is 8.87. The van der Waals surface area contributed by atoms with E-state index in [1.165, 1.54) is 5.56 Å². The lowest BCUT2D eigenvalue weighted by Crippen LogP contribution is -2.43. The average molecular weight is 452 g/mol. The van der Waals surface area contributed by atoms with Crippen molar-refractivity contribution in [2.45, 2.75) is 52.1 Å². The number of ether oxygens (including phenoxy) is 1. The molecule has 7 heteroatoms. The average Bonchev–Trinajstić information content (AvgIpc) is 2.79. The van der Waals surface area contributed by atoms with Crippen LogP contribution >= 0.6 is 0 Å². The Hall–Kier alpha value is -3.35. The van der Waals surface area contributed by atoms with Gasteiger partial charge in [0, 0.05) is 24.5 Å². The van der Waals surface area contributed by atoms with Crippen LogP contribution in [0.4, 0.5) is 16.2 Å². The number of urea groups is 1. The molecule has 1 aliphatic heterocycles. The molecule has 1 fully saturated rings. The third kappa shape index (κ3) is 6.81. The summed E-state index contributed by atoms with van der Waals surface area (Å²) in [4.78, 5) is 39.1. The zero-order chi connectivity index (χ0) is 24.0. The zero-order valence-electron chi connectivity index (χ0n) is 19.8. The number of para-hydroxylation sites is 1. The van der Waals surface area contributed by atoms with Crippen LogP contribution < -0.4 is 10.6 Å². The summed E-state index contributed by atoms with van der Waals surface area (Å²) in [6, 6.07) is 16.7. The molecule has 0 saturated carbocycles. The summed E-state index contributed by atoms with van der Waals surface area (Å²) in [5, 5.41) is 5.65. The van der Waals surface area contributed by atoms with Crippen molar-refractivity contribution in [1.82, 2.24) is 4.90 Å². The molecule has 1 heterocycles. The standard InChI is InChI=1S/C26H33N3O4/c1-18(23(30)27-22-12-10-20(11-13-22)26(2,3)4)33-24(31)19-14-16-29(17-15-19)25(32)28-21-8-6-5-7-9-21/h5-13,18-19H,14-17H2,1-4H3,(H,27,30)(H,28,32). The van der Waals surface area contributed by atoms with Gasteiger partial charge in [0.2, 0.25) is 0 Å². The minimum absolute atomic E-state index is 0.0309. The number of amides is 3. The van der Waals surface area contributed by atoms with Crippen LogP contribution in [-0.4, -0.2) is 42.0 Å². The second-order valence-electron chi connectivity index (χ2n) is 9.45. The Morgan fingerprint density at radius 2 is 1.48 bits per heavy atom. The molecule has 0 radical (unpaired) electrons. The van der Waals surface area contributed by atoms with Crippen molar-refractivity contribution >= 4 is 29.3 Å². The van der Waals surface area contributed by atoms with Crippen LogP contribution in [0.5, 0.6) is 0 Å². The predicted molar refractivity (Wildman–Crippen MR) is 129 cm³/mol. The van der Waals surface area contributed by atoms with Crippen LogP contribution in [0.25, 0.3) is 0 Å². The molecule has 0 aromatic heterocycles. The molecular weight excluding hydrogens is 418 g/mol. The molecule has 0 bridgehead atoms. The molecule has 176 valence electrons. The third-order valence-electron chi connectivity index (χ3n) is 5.82. The second kappa shape index (κ2) is 10.5. The molecule has 2 aromatic carbocycles. The van der Waals surface area contributed by atoms with Crippen LogP contribution in [-0.2, 0) is 19.7 Å². The molecule has 2 aromatic rings. The van der Waals surface area contributed by atoms with Crippen molar-refractivity contribution in [2.75, 3.05) is 23.7 Å². The monoisotopic (exact) mass is 451 g/mol. The smallest absolute Gasteiger partial charge is 0.321 e. The van der Waals surface area contributed by atoms with E-state index in [1.807, 2.05) is 54.6 Å². The Labute approximate surface area is 195 Å². The summed E-state index contributed by atoms with van der Waals surface area (Å²) >= 11 is 0. The predicted octanol–water partition coefficient (Wildman–Crippen LogP) is 4.80. The van der Waals surface area contributed by atoms with Crippen molar-refractivity contribution < 1.29 is 19.1 Å². The molecule has 1 atom stereocenters. The summed E-state index contributed by atoms with van der Waals surface area (Å²) in [5.74, 6) is -1.09. The van der Waals surface area contributed by atoms with E-state index >= 15 is 0 Å². The van der Waals surface area contributed by atoms with Crippen LogP contribution in [0, 0.1) is 5.92 Å². The first-order chi connectivity index (χ1) is 15.6. The van der Waals surface area contributed by atoms with Gasteiger partial charge in [-0.1, -0.05) is 51.1 Å². The molecule has 0 spiro atoms. The van der Waals surface area contributed by atoms with Gasteiger partial charge in [-0.25, -0.2) is 4.79 Å². The number of piperidine rings is 1. The van der Waals surface area contributed by atoms with Crippen molar-refractivity contribution in [3.05, 3.63) is 60.2 Å². The normalized spacial score (nSPS) is 15.5. The van der Waals surface area contributed by atoms with Gasteiger partial charge in [-0.05, 0) is 55.0 Å². The van der Waals surface area contributed by atoms with Gasteiger partial charge in [0.1, 0.15) is 0 Å². The summed E-state index contributed by atoms with van der Waals surface area (Å²) in [6.07, 6.45) is 0.104. The Bertz CT molecular complexity index is 959. The highest BCUT2D eigenvalue weighted by Crippen LogP contribution is 2.24. The molecule has 3 rings (SSSR count). The fourth-order valence-corrected chi connectivity index (χ4v) is 3.66. The van der Waals surface area contributed by atoms with Crippen molar-refractivity contribution in [3.8, 4) is 0 Å². The topological polar surface area (TPSA) is 87.7 Å². The fourth-order valence-electron chi connectivity index (χ4n) is 3.66. The molecule has 1 saturated heterocycles. The summed E-state index contributed by atoms with van der Waals surface area (Å²) < 4.78 is 5.42. The number of nitrogens with one attached hydrogen (secondary N) is 2. The number of benzene rings is 2. The van der Waals surface area contributed by atoms with Crippen molar-refractivity contribution in [3.63, 3.8) is 0 Å². The minimum Gasteiger partial charge on any atom is -0.452 e. The first-order valence-corrected chi connectivity index (χ1v) is 11.4. The molecule has 3 amide bonds. The maximum absolute atomic E-state index is 12.6. The van der Waals surface area contributed by atoms with Crippen molar-refractivity contribution in [2.24, 2.45) is 5.92 Å². The maximum Gasteiger partial charge on any atom is 0.321 e. The number of hydrogen-bond acceptors (Lipinski definition) is 4. The summed E-state index contributed by atoms with van der Waals surface area (Å²) in [7, 11) is 0. The van der Waals surface area contributed by atoms with E-state index in [-0.39, 0.29) is 23.3 Å². The number of nitrogens with zero attached hydrogens (tertiary/aromatic N) is 1. The van der Waals surface area contributed by atoms with E-state index in [4.69, 9.17) is 4.74 Å². The van der Waals surface area contributed by atoms with Gasteiger partial charge in [0.25, 0.3) is 5.91 Å². The van der Waals surface area contributed by atoms with Gasteiger partial charge in [-0.15, -0.1) is 0 Å². The Morgan fingerprint density at radius 1 is 0.909 bits per heavy atom. The molecular formula is C26H33N3O4. The maximum atomic E-state index is 12.6. The van der Waals surface area contributed by atoms with Crippen LogP contribution in [0.1, 0.15) is 46.1 Å². The number of likely N-dealkylation sites (tertiary alicyclic amines) is 1. The number of carbonyl (C=O) groups is 3. The van der Waals surface area contributed by atoms with E-state index in [1.54, 1.807) is 11.8 Å². The Morgan fingerprint density at radius 3 is 2.06 bits per heavy atom. The fraction of sp³-hybridized carbons (Fsp3) is 0.423. The number of carbonyl (C=O) groups excluding carboxylic acids is 3. The molecule has 1 aliphatic rings. The Kier molecular flexibility index (Phi) is 7.74. The van der Waals surface area contributed by atoms with Gasteiger partial charge in [-0.3, -0.25) is 9.59 Å². The summed E-state index contributed by atoms with van der Waals surface area (Å²) in [5.41, 5.74) is 2.60. The SMILES string of the molecule is CC(OC(=O)C1CCN(C(=O)Nc2ccccc2)CC1)C(=O)Nc1ccc(C(C)(C)C)cc1. The van der Waals surface area contributed by atoms with E-state index in [0.29, 0.717) is 31.6 Å². The highest BCUT2D eigenvalue weighted by molar-refractivity contribution is 5.95. The molecule has 2 N–H and O–H groups in total. The molecule has 0 aliphatic carbocycles. The number of rotatable bonds is 5. The largest absolute Gasteiger partial charge is 0.452 e. The van der Waals surface area contributed by atoms with Gasteiger partial charge in [-0.2, -0.15) is 0 Å². The molecule has 1 unspecified atom stereocenters. The lowest BCUT2D eigenvalue weighted by atomic mass is 9.87. The highest BCUT2D eigenvalue weighted by Gasteiger charge is 2.30. The van der Waals surface area contributed by atoms with Gasteiger partial charge in [0.05, 0.1) is 5.92 Å². The van der Waals surface area contributed by atoms with Gasteiger partial charge >= 0.3 is 12.0 Å². The van der Waals surface area contributed by atoms with Gasteiger partial charge in [0.15, 0.2) is 6.10 Å². The number of esters is 1. The van der Waals surface area contributed by atoms with E-state index in [9.17, 15) is 14.4 Å². The Balaban J connectivity index is 1.44. The lowest BCUT2D eigenvalue weighted by Gasteiger charge is -2.31. The highest BCUT2D eigenvalue weighted by atomic mass is 16.5.